The molecule has 1 fully saturated rings. The van der Waals surface area contributed by atoms with Crippen LogP contribution >= 0.6 is 0 Å². The molecule has 18 heavy (non-hydrogen) atoms. The summed E-state index contributed by atoms with van der Waals surface area (Å²) >= 11 is 0. The van der Waals surface area contributed by atoms with Crippen LogP contribution in [0.4, 0.5) is 10.7 Å². The van der Waals surface area contributed by atoms with Gasteiger partial charge in [0.1, 0.15) is 11.5 Å². The van der Waals surface area contributed by atoms with Crippen LogP contribution in [-0.4, -0.2) is 42.2 Å². The second-order valence-electron chi connectivity index (χ2n) is 3.31. The third-order valence-corrected chi connectivity index (χ3v) is 2.14. The summed E-state index contributed by atoms with van der Waals surface area (Å²) in [7, 11) is 1.40. The van der Waals surface area contributed by atoms with E-state index < -0.39 is 23.2 Å². The third-order valence-electron chi connectivity index (χ3n) is 2.14. The highest BCUT2D eigenvalue weighted by Crippen LogP contribution is 2.15. The first kappa shape index (κ1) is 12.0. The predicted octanol–water partition coefficient (Wildman–Crippen LogP) is 0.946. The quantitative estimate of drug-likeness (QED) is 0.450. The van der Waals surface area contributed by atoms with E-state index in [0.717, 1.165) is 5.01 Å². The number of nitrogens with zero attached hydrogens (tertiary/aromatic N) is 3. The lowest BCUT2D eigenvalue weighted by Gasteiger charge is -2.03. The summed E-state index contributed by atoms with van der Waals surface area (Å²) in [6.45, 7) is 0.147. The fourth-order valence-electron chi connectivity index (χ4n) is 1.28. The van der Waals surface area contributed by atoms with Gasteiger partial charge in [0.15, 0.2) is 5.76 Å². The van der Waals surface area contributed by atoms with Crippen LogP contribution in [0, 0.1) is 10.1 Å². The monoisotopic (exact) mass is 255 g/mol. The van der Waals surface area contributed by atoms with Crippen LogP contribution < -0.4 is 0 Å². The van der Waals surface area contributed by atoms with Gasteiger partial charge in [-0.3, -0.25) is 10.1 Å². The molecule has 0 saturated carbocycles. The van der Waals surface area contributed by atoms with E-state index in [4.69, 9.17) is 13.9 Å². The number of nitro groups is 1. The Labute approximate surface area is 101 Å². The van der Waals surface area contributed by atoms with Crippen molar-refractivity contribution in [3.05, 3.63) is 28.0 Å². The molecule has 9 heteroatoms. The second kappa shape index (κ2) is 4.84. The van der Waals surface area contributed by atoms with E-state index in [1.54, 1.807) is 0 Å². The van der Waals surface area contributed by atoms with Crippen LogP contribution in [0.5, 0.6) is 0 Å². The molecule has 1 aromatic rings. The molecule has 0 aliphatic carbocycles. The summed E-state index contributed by atoms with van der Waals surface area (Å²) in [6.07, 6.45) is -0.133. The van der Waals surface area contributed by atoms with Gasteiger partial charge in [-0.1, -0.05) is 0 Å². The molecular formula is C9H9N3O6. The summed E-state index contributed by atoms with van der Waals surface area (Å²) in [4.78, 5) is 21.0. The van der Waals surface area contributed by atoms with Crippen molar-refractivity contribution < 1.29 is 23.6 Å². The van der Waals surface area contributed by atoms with Crippen LogP contribution in [0.2, 0.25) is 0 Å². The summed E-state index contributed by atoms with van der Waals surface area (Å²) in [6, 6.07) is 2.57. The Morgan fingerprint density at radius 2 is 2.44 bits per heavy atom. The Morgan fingerprint density at radius 3 is 3.00 bits per heavy atom. The van der Waals surface area contributed by atoms with Crippen molar-refractivity contribution in [1.29, 1.82) is 0 Å². The Morgan fingerprint density at radius 1 is 1.67 bits per heavy atom. The molecule has 1 saturated heterocycles. The Balaban J connectivity index is 2.02. The molecule has 96 valence electrons. The molecule has 1 aromatic heterocycles. The highest BCUT2D eigenvalue weighted by Gasteiger charge is 2.30. The minimum atomic E-state index is -0.666. The van der Waals surface area contributed by atoms with Gasteiger partial charge in [-0.15, -0.1) is 0 Å². The number of hydrogen-bond acceptors (Lipinski definition) is 7. The molecule has 0 aromatic carbocycles. The molecule has 0 spiro atoms. The van der Waals surface area contributed by atoms with E-state index in [1.165, 1.54) is 25.5 Å². The number of carbonyl (C=O) groups is 1. The fourth-order valence-corrected chi connectivity index (χ4v) is 1.28. The van der Waals surface area contributed by atoms with E-state index in [-0.39, 0.29) is 12.3 Å². The largest absolute Gasteiger partial charge is 0.433 e. The van der Waals surface area contributed by atoms with Crippen LogP contribution in [0.25, 0.3) is 0 Å². The highest BCUT2D eigenvalue weighted by molar-refractivity contribution is 5.78. The SMILES string of the molecule is COC1CN(/N=C/c2ccc([N+](=O)[O-])o2)C(=O)O1. The van der Waals surface area contributed by atoms with Crippen molar-refractivity contribution in [2.24, 2.45) is 5.10 Å². The molecule has 2 rings (SSSR count). The first-order valence-corrected chi connectivity index (χ1v) is 4.89. The molecule has 1 atom stereocenters. The van der Waals surface area contributed by atoms with E-state index >= 15 is 0 Å². The summed E-state index contributed by atoms with van der Waals surface area (Å²) < 4.78 is 14.4. The van der Waals surface area contributed by atoms with Crippen LogP contribution in [-0.2, 0) is 9.47 Å². The number of furan rings is 1. The molecule has 0 radical (unpaired) electrons. The normalized spacial score (nSPS) is 19.5. The minimum absolute atomic E-state index is 0.147. The van der Waals surface area contributed by atoms with Gasteiger partial charge < -0.3 is 13.9 Å². The lowest BCUT2D eigenvalue weighted by molar-refractivity contribution is -0.402. The van der Waals surface area contributed by atoms with Crippen molar-refractivity contribution in [2.75, 3.05) is 13.7 Å². The minimum Gasteiger partial charge on any atom is -0.416 e. The highest BCUT2D eigenvalue weighted by atomic mass is 16.7. The average Bonchev–Trinajstić information content (AvgIpc) is 2.93. The topological polar surface area (TPSA) is 107 Å². The maximum atomic E-state index is 11.2. The van der Waals surface area contributed by atoms with Gasteiger partial charge in [-0.05, 0) is 6.07 Å². The van der Waals surface area contributed by atoms with Crippen LogP contribution in [0.1, 0.15) is 5.76 Å². The molecule has 0 bridgehead atoms. The molecule has 1 aliphatic heterocycles. The van der Waals surface area contributed by atoms with E-state index in [2.05, 4.69) is 5.10 Å². The van der Waals surface area contributed by atoms with Gasteiger partial charge in [0.25, 0.3) is 0 Å². The summed E-state index contributed by atoms with van der Waals surface area (Å²) in [5, 5.41) is 15.2. The molecule has 1 unspecified atom stereocenters. The van der Waals surface area contributed by atoms with Crippen molar-refractivity contribution in [3.8, 4) is 0 Å². The van der Waals surface area contributed by atoms with Gasteiger partial charge in [0, 0.05) is 7.11 Å². The molecular weight excluding hydrogens is 246 g/mol. The Bertz CT molecular complexity index is 496. The number of ether oxygens (including phenoxy) is 2. The van der Waals surface area contributed by atoms with Crippen molar-refractivity contribution in [1.82, 2.24) is 5.01 Å². The molecule has 1 aliphatic rings. The number of hydrazone groups is 1. The van der Waals surface area contributed by atoms with E-state index in [9.17, 15) is 14.9 Å². The molecule has 0 N–H and O–H groups in total. The van der Waals surface area contributed by atoms with E-state index in [1.807, 2.05) is 0 Å². The first-order chi connectivity index (χ1) is 8.60. The molecule has 2 heterocycles. The van der Waals surface area contributed by atoms with Crippen molar-refractivity contribution in [2.45, 2.75) is 6.29 Å². The lowest BCUT2D eigenvalue weighted by Crippen LogP contribution is -2.19. The predicted molar refractivity (Wildman–Crippen MR) is 56.9 cm³/mol. The second-order valence-corrected chi connectivity index (χ2v) is 3.31. The van der Waals surface area contributed by atoms with Gasteiger partial charge >= 0.3 is 12.0 Å². The van der Waals surface area contributed by atoms with Crippen molar-refractivity contribution >= 4 is 18.2 Å². The number of methoxy groups -OCH3 is 1. The molecule has 1 amide bonds. The zero-order valence-corrected chi connectivity index (χ0v) is 9.31. The lowest BCUT2D eigenvalue weighted by atomic mass is 10.5. The summed E-state index contributed by atoms with van der Waals surface area (Å²) in [5.41, 5.74) is 0. The number of cyclic esters (lactones) is 1. The maximum Gasteiger partial charge on any atom is 0.433 e. The van der Waals surface area contributed by atoms with E-state index in [0.29, 0.717) is 0 Å². The number of rotatable bonds is 4. The number of hydrogen-bond donors (Lipinski definition) is 0. The molecule has 9 nitrogen and oxygen atoms in total. The van der Waals surface area contributed by atoms with Crippen molar-refractivity contribution in [3.63, 3.8) is 0 Å². The fraction of sp³-hybridized carbons (Fsp3) is 0.333. The Hall–Kier alpha value is -2.42. The van der Waals surface area contributed by atoms with Gasteiger partial charge in [-0.2, -0.15) is 10.1 Å². The third kappa shape index (κ3) is 2.46. The van der Waals surface area contributed by atoms with Crippen LogP contribution in [0.3, 0.4) is 0 Å². The van der Waals surface area contributed by atoms with Gasteiger partial charge in [0.2, 0.25) is 6.29 Å². The summed E-state index contributed by atoms with van der Waals surface area (Å²) in [5.74, 6) is -0.231. The van der Waals surface area contributed by atoms with Crippen LogP contribution in [0.15, 0.2) is 21.7 Å². The first-order valence-electron chi connectivity index (χ1n) is 4.89. The maximum absolute atomic E-state index is 11.2. The zero-order chi connectivity index (χ0) is 13.1. The van der Waals surface area contributed by atoms with Gasteiger partial charge in [0.05, 0.1) is 12.3 Å². The average molecular weight is 255 g/mol. The standard InChI is InChI=1S/C9H9N3O6/c1-16-8-5-11(9(13)18-8)10-4-6-2-3-7(17-6)12(14)15/h2-4,8H,5H2,1H3/b10-4+. The smallest absolute Gasteiger partial charge is 0.416 e. The number of carbonyl (C=O) groups excluding carboxylic acids is 1. The van der Waals surface area contributed by atoms with Gasteiger partial charge in [-0.25, -0.2) is 4.79 Å². The zero-order valence-electron chi connectivity index (χ0n) is 9.31. The Kier molecular flexibility index (Phi) is 3.24. The number of amides is 1.